The van der Waals surface area contributed by atoms with E-state index in [1.54, 1.807) is 0 Å². The first kappa shape index (κ1) is 17.9. The van der Waals surface area contributed by atoms with Crippen LogP contribution in [0.5, 0.6) is 0 Å². The van der Waals surface area contributed by atoms with Crippen molar-refractivity contribution < 1.29 is 4.74 Å². The van der Waals surface area contributed by atoms with Gasteiger partial charge in [0.1, 0.15) is 5.72 Å². The van der Waals surface area contributed by atoms with Crippen molar-refractivity contribution in [2.75, 3.05) is 20.2 Å². The van der Waals surface area contributed by atoms with Gasteiger partial charge in [0.05, 0.1) is 0 Å². The molecule has 0 fully saturated rings. The lowest BCUT2D eigenvalue weighted by Gasteiger charge is -2.43. The molecule has 18 heavy (non-hydrogen) atoms. The zero-order chi connectivity index (χ0) is 13.9. The van der Waals surface area contributed by atoms with Gasteiger partial charge in [0.25, 0.3) is 0 Å². The zero-order valence-corrected chi connectivity index (χ0v) is 13.4. The lowest BCUT2D eigenvalue weighted by molar-refractivity contribution is -0.146. The minimum atomic E-state index is -0.0135. The summed E-state index contributed by atoms with van der Waals surface area (Å²) in [5.41, 5.74) is -0.0135. The highest BCUT2D eigenvalue weighted by molar-refractivity contribution is 4.80. The average Bonchev–Trinajstić information content (AvgIpc) is 2.42. The topological polar surface area (TPSA) is 12.5 Å². The third-order valence-corrected chi connectivity index (χ3v) is 3.99. The van der Waals surface area contributed by atoms with Crippen LogP contribution in [0.3, 0.4) is 0 Å². The lowest BCUT2D eigenvalue weighted by atomic mass is 9.99. The molecule has 0 spiro atoms. The molecule has 110 valence electrons. The monoisotopic (exact) mass is 257 g/mol. The Hall–Kier alpha value is -0.0800. The van der Waals surface area contributed by atoms with Crippen LogP contribution in [0, 0.1) is 0 Å². The van der Waals surface area contributed by atoms with Gasteiger partial charge in [-0.05, 0) is 32.1 Å². The molecule has 0 aromatic heterocycles. The summed E-state index contributed by atoms with van der Waals surface area (Å²) < 4.78 is 5.97. The van der Waals surface area contributed by atoms with Crippen LogP contribution in [0.15, 0.2) is 0 Å². The molecule has 2 heteroatoms. The van der Waals surface area contributed by atoms with Crippen molar-refractivity contribution in [1.29, 1.82) is 0 Å². The summed E-state index contributed by atoms with van der Waals surface area (Å²) in [6, 6.07) is 0. The van der Waals surface area contributed by atoms with Crippen molar-refractivity contribution in [2.24, 2.45) is 0 Å². The van der Waals surface area contributed by atoms with Crippen molar-refractivity contribution in [3.05, 3.63) is 0 Å². The number of unbranched alkanes of at least 4 members (excludes halogenated alkanes) is 3. The predicted molar refractivity (Wildman–Crippen MR) is 80.9 cm³/mol. The number of hydrogen-bond acceptors (Lipinski definition) is 2. The molecule has 0 aliphatic carbocycles. The van der Waals surface area contributed by atoms with Gasteiger partial charge in [0, 0.05) is 20.2 Å². The Morgan fingerprint density at radius 1 is 0.833 bits per heavy atom. The van der Waals surface area contributed by atoms with Gasteiger partial charge in [-0.1, -0.05) is 47.0 Å². The Morgan fingerprint density at radius 2 is 1.33 bits per heavy atom. The van der Waals surface area contributed by atoms with Gasteiger partial charge >= 0.3 is 0 Å². The summed E-state index contributed by atoms with van der Waals surface area (Å²) in [6.45, 7) is 11.4. The van der Waals surface area contributed by atoms with Crippen LogP contribution in [-0.2, 0) is 4.74 Å². The van der Waals surface area contributed by atoms with E-state index in [1.807, 2.05) is 7.11 Å². The molecule has 0 radical (unpaired) electrons. The molecule has 0 saturated heterocycles. The molecule has 0 bridgehead atoms. The first-order valence-corrected chi connectivity index (χ1v) is 8.00. The van der Waals surface area contributed by atoms with Crippen LogP contribution in [0.1, 0.15) is 79.1 Å². The molecule has 0 N–H and O–H groups in total. The maximum atomic E-state index is 5.97. The fraction of sp³-hybridized carbons (Fsp3) is 1.00. The molecule has 0 aliphatic heterocycles. The molecular weight excluding hydrogens is 222 g/mol. The van der Waals surface area contributed by atoms with Crippen molar-refractivity contribution in [3.63, 3.8) is 0 Å². The molecule has 1 unspecified atom stereocenters. The second-order valence-electron chi connectivity index (χ2n) is 5.30. The Balaban J connectivity index is 4.68. The minimum Gasteiger partial charge on any atom is -0.364 e. The summed E-state index contributed by atoms with van der Waals surface area (Å²) in [6.07, 6.45) is 9.86. The molecule has 0 heterocycles. The quantitative estimate of drug-likeness (QED) is 0.464. The Bertz CT molecular complexity index is 170. The Labute approximate surface area is 115 Å². The van der Waals surface area contributed by atoms with Gasteiger partial charge in [0.2, 0.25) is 0 Å². The highest BCUT2D eigenvalue weighted by Crippen LogP contribution is 2.28. The van der Waals surface area contributed by atoms with Gasteiger partial charge in [-0.25, -0.2) is 0 Å². The number of hydrogen-bond donors (Lipinski definition) is 0. The highest BCUT2D eigenvalue weighted by Gasteiger charge is 2.33. The average molecular weight is 257 g/mol. The summed E-state index contributed by atoms with van der Waals surface area (Å²) in [5.74, 6) is 0. The summed E-state index contributed by atoms with van der Waals surface area (Å²) in [7, 11) is 1.89. The fourth-order valence-electron chi connectivity index (χ4n) is 2.60. The SMILES string of the molecule is CCCCN(CCCC)C(CC)(CCCC)OC. The van der Waals surface area contributed by atoms with E-state index >= 15 is 0 Å². The summed E-state index contributed by atoms with van der Waals surface area (Å²) >= 11 is 0. The van der Waals surface area contributed by atoms with E-state index in [-0.39, 0.29) is 5.72 Å². The van der Waals surface area contributed by atoms with Gasteiger partial charge in [0.15, 0.2) is 0 Å². The third kappa shape index (κ3) is 5.71. The van der Waals surface area contributed by atoms with E-state index in [1.165, 1.54) is 58.0 Å². The molecule has 1 atom stereocenters. The van der Waals surface area contributed by atoms with E-state index in [4.69, 9.17) is 4.74 Å². The number of methoxy groups -OCH3 is 1. The van der Waals surface area contributed by atoms with Crippen molar-refractivity contribution in [1.82, 2.24) is 4.90 Å². The van der Waals surface area contributed by atoms with E-state index < -0.39 is 0 Å². The normalized spacial score (nSPS) is 15.0. The molecule has 0 aromatic carbocycles. The van der Waals surface area contributed by atoms with Gasteiger partial charge in [-0.15, -0.1) is 0 Å². The van der Waals surface area contributed by atoms with Crippen molar-refractivity contribution in [3.8, 4) is 0 Å². The Kier molecular flexibility index (Phi) is 10.8. The first-order chi connectivity index (χ1) is 8.70. The maximum absolute atomic E-state index is 5.97. The van der Waals surface area contributed by atoms with Crippen molar-refractivity contribution in [2.45, 2.75) is 84.8 Å². The fourth-order valence-corrected chi connectivity index (χ4v) is 2.60. The van der Waals surface area contributed by atoms with E-state index in [9.17, 15) is 0 Å². The second kappa shape index (κ2) is 10.8. The molecule has 0 rings (SSSR count). The molecule has 0 aliphatic rings. The largest absolute Gasteiger partial charge is 0.364 e. The molecule has 0 saturated carbocycles. The lowest BCUT2D eigenvalue weighted by Crippen LogP contribution is -2.50. The van der Waals surface area contributed by atoms with Crippen molar-refractivity contribution >= 4 is 0 Å². The van der Waals surface area contributed by atoms with Gasteiger partial charge < -0.3 is 4.74 Å². The first-order valence-electron chi connectivity index (χ1n) is 8.00. The third-order valence-electron chi connectivity index (χ3n) is 3.99. The molecule has 0 aromatic rings. The van der Waals surface area contributed by atoms with E-state index in [0.717, 1.165) is 6.42 Å². The number of ether oxygens (including phenoxy) is 1. The summed E-state index contributed by atoms with van der Waals surface area (Å²) in [4.78, 5) is 2.61. The highest BCUT2D eigenvalue weighted by atomic mass is 16.5. The zero-order valence-electron chi connectivity index (χ0n) is 13.4. The van der Waals surface area contributed by atoms with Crippen LogP contribution in [0.2, 0.25) is 0 Å². The number of nitrogens with zero attached hydrogens (tertiary/aromatic N) is 1. The summed E-state index contributed by atoms with van der Waals surface area (Å²) in [5, 5.41) is 0. The molecular formula is C16H35NO. The van der Waals surface area contributed by atoms with E-state index in [0.29, 0.717) is 0 Å². The number of rotatable bonds is 12. The van der Waals surface area contributed by atoms with E-state index in [2.05, 4.69) is 32.6 Å². The second-order valence-corrected chi connectivity index (χ2v) is 5.30. The van der Waals surface area contributed by atoms with Crippen LogP contribution < -0.4 is 0 Å². The van der Waals surface area contributed by atoms with Crippen LogP contribution in [0.4, 0.5) is 0 Å². The Morgan fingerprint density at radius 3 is 1.67 bits per heavy atom. The smallest absolute Gasteiger partial charge is 0.121 e. The molecule has 2 nitrogen and oxygen atoms in total. The van der Waals surface area contributed by atoms with Gasteiger partial charge in [-0.3, -0.25) is 4.90 Å². The van der Waals surface area contributed by atoms with Crippen LogP contribution in [0.25, 0.3) is 0 Å². The standard InChI is InChI=1S/C16H35NO/c1-6-10-13-16(9-4,18-5)17(14-11-7-2)15-12-8-3/h6-15H2,1-5H3. The molecule has 0 amide bonds. The maximum Gasteiger partial charge on any atom is 0.121 e. The minimum absolute atomic E-state index is 0.0135. The van der Waals surface area contributed by atoms with Gasteiger partial charge in [-0.2, -0.15) is 0 Å². The predicted octanol–water partition coefficient (Wildman–Crippen LogP) is 4.83. The van der Waals surface area contributed by atoms with Crippen LogP contribution >= 0.6 is 0 Å². The van der Waals surface area contributed by atoms with Crippen LogP contribution in [-0.4, -0.2) is 30.8 Å².